The van der Waals surface area contributed by atoms with Gasteiger partial charge in [-0.25, -0.2) is 13.4 Å². The fourth-order valence-electron chi connectivity index (χ4n) is 5.14. The van der Waals surface area contributed by atoms with Gasteiger partial charge in [-0.3, -0.25) is 9.69 Å². The Hall–Kier alpha value is -2.53. The zero-order valence-corrected chi connectivity index (χ0v) is 22.9. The van der Waals surface area contributed by atoms with Gasteiger partial charge >= 0.3 is 0 Å². The molecule has 1 amide bonds. The molecular weight excluding hydrogens is 510 g/mol. The molecule has 1 aromatic heterocycles. The Morgan fingerprint density at radius 2 is 1.97 bits per heavy atom. The second-order valence-electron chi connectivity index (χ2n) is 9.58. The highest BCUT2D eigenvalue weighted by molar-refractivity contribution is 7.89. The second kappa shape index (κ2) is 11.1. The van der Waals surface area contributed by atoms with Crippen LogP contribution in [0.5, 0.6) is 5.75 Å². The number of thiazole rings is 1. The molecule has 0 N–H and O–H groups in total. The fraction of sp³-hybridized carbons (Fsp3) is 0.481. The van der Waals surface area contributed by atoms with Gasteiger partial charge in [-0.2, -0.15) is 4.31 Å². The number of amides is 1. The van der Waals surface area contributed by atoms with Gasteiger partial charge in [0.2, 0.25) is 10.0 Å². The molecule has 2 atom stereocenters. The van der Waals surface area contributed by atoms with E-state index in [0.29, 0.717) is 36.1 Å². The van der Waals surface area contributed by atoms with Crippen LogP contribution in [0.25, 0.3) is 10.2 Å². The number of hydrogen-bond acceptors (Lipinski definition) is 7. The summed E-state index contributed by atoms with van der Waals surface area (Å²) in [6, 6.07) is 12.0. The number of fused-ring (bicyclic) bond motifs is 1. The Labute approximate surface area is 222 Å². The maximum atomic E-state index is 13.7. The van der Waals surface area contributed by atoms with Gasteiger partial charge in [-0.05, 0) is 68.5 Å². The minimum absolute atomic E-state index is 0.0274. The third kappa shape index (κ3) is 5.38. The topological polar surface area (TPSA) is 89.0 Å². The lowest BCUT2D eigenvalue weighted by atomic mass is 10.0. The number of nitrogens with zero attached hydrogens (tertiary/aromatic N) is 3. The van der Waals surface area contributed by atoms with Gasteiger partial charge < -0.3 is 9.47 Å². The highest BCUT2D eigenvalue weighted by Crippen LogP contribution is 2.33. The number of benzene rings is 2. The Kier molecular flexibility index (Phi) is 7.80. The number of carbonyl (C=O) groups excluding carboxylic acids is 1. The lowest BCUT2D eigenvalue weighted by Gasteiger charge is -2.34. The van der Waals surface area contributed by atoms with E-state index in [1.165, 1.54) is 11.3 Å². The normalized spacial score (nSPS) is 20.8. The molecule has 37 heavy (non-hydrogen) atoms. The van der Waals surface area contributed by atoms with E-state index in [-0.39, 0.29) is 22.9 Å². The van der Waals surface area contributed by atoms with Crippen molar-refractivity contribution in [3.63, 3.8) is 0 Å². The standard InChI is InChI=1S/C27H33N3O5S2/c1-3-20-7-4-5-15-30(20)37(32,33)23-12-9-19(10-13-23)26(31)29(18-22-8-6-16-35-22)27-28-24-17-21(34-2)11-14-25(24)36-27/h9-14,17,20,22H,3-8,15-16,18H2,1-2H3. The van der Waals surface area contributed by atoms with E-state index < -0.39 is 10.0 Å². The van der Waals surface area contributed by atoms with Gasteiger partial charge in [0.1, 0.15) is 5.75 Å². The van der Waals surface area contributed by atoms with Gasteiger partial charge in [0.15, 0.2) is 5.13 Å². The molecule has 3 heterocycles. The summed E-state index contributed by atoms with van der Waals surface area (Å²) in [4.78, 5) is 20.4. The number of anilines is 1. The maximum Gasteiger partial charge on any atom is 0.260 e. The fourth-order valence-corrected chi connectivity index (χ4v) is 7.86. The Morgan fingerprint density at radius 3 is 2.68 bits per heavy atom. The highest BCUT2D eigenvalue weighted by atomic mass is 32.2. The number of ether oxygens (including phenoxy) is 2. The Bertz CT molecular complexity index is 1350. The third-order valence-electron chi connectivity index (χ3n) is 7.22. The zero-order valence-electron chi connectivity index (χ0n) is 21.3. The van der Waals surface area contributed by atoms with E-state index in [1.807, 2.05) is 25.1 Å². The highest BCUT2D eigenvalue weighted by Gasteiger charge is 2.33. The molecule has 0 spiro atoms. The molecule has 2 unspecified atom stereocenters. The Balaban J connectivity index is 1.43. The van der Waals surface area contributed by atoms with Crippen LogP contribution >= 0.6 is 11.3 Å². The molecule has 8 nitrogen and oxygen atoms in total. The maximum absolute atomic E-state index is 13.7. The first-order valence-corrected chi connectivity index (χ1v) is 15.2. The summed E-state index contributed by atoms with van der Waals surface area (Å²) in [7, 11) is -2.00. The van der Waals surface area contributed by atoms with Crippen LogP contribution in [0.15, 0.2) is 47.4 Å². The predicted octanol–water partition coefficient (Wildman–Crippen LogP) is 5.08. The van der Waals surface area contributed by atoms with Crippen LogP contribution in [-0.4, -0.2) is 62.6 Å². The molecule has 2 fully saturated rings. The number of methoxy groups -OCH3 is 1. The minimum atomic E-state index is -3.61. The number of rotatable bonds is 8. The van der Waals surface area contributed by atoms with Gasteiger partial charge in [0, 0.05) is 30.8 Å². The van der Waals surface area contributed by atoms with Crippen LogP contribution in [-0.2, 0) is 14.8 Å². The molecular formula is C27H33N3O5S2. The molecule has 2 aliphatic rings. The first-order valence-electron chi connectivity index (χ1n) is 12.9. The van der Waals surface area contributed by atoms with Crippen LogP contribution in [0.2, 0.25) is 0 Å². The molecule has 0 aliphatic carbocycles. The first kappa shape index (κ1) is 26.1. The smallest absolute Gasteiger partial charge is 0.260 e. The van der Waals surface area contributed by atoms with E-state index in [2.05, 4.69) is 0 Å². The second-order valence-corrected chi connectivity index (χ2v) is 12.5. The predicted molar refractivity (Wildman–Crippen MR) is 145 cm³/mol. The van der Waals surface area contributed by atoms with Crippen molar-refractivity contribution in [2.75, 3.05) is 31.7 Å². The Morgan fingerprint density at radius 1 is 1.16 bits per heavy atom. The van der Waals surface area contributed by atoms with Crippen molar-refractivity contribution in [2.24, 2.45) is 0 Å². The quantitative estimate of drug-likeness (QED) is 0.394. The number of carbonyl (C=O) groups is 1. The van der Waals surface area contributed by atoms with Crippen molar-refractivity contribution in [2.45, 2.75) is 62.5 Å². The summed E-state index contributed by atoms with van der Waals surface area (Å²) in [6.45, 7) is 3.65. The molecule has 0 radical (unpaired) electrons. The average Bonchev–Trinajstić information content (AvgIpc) is 3.60. The van der Waals surface area contributed by atoms with Gasteiger partial charge in [-0.15, -0.1) is 0 Å². The zero-order chi connectivity index (χ0) is 26.0. The molecule has 3 aromatic rings. The van der Waals surface area contributed by atoms with Crippen molar-refractivity contribution in [3.8, 4) is 5.75 Å². The molecule has 198 valence electrons. The van der Waals surface area contributed by atoms with Crippen molar-refractivity contribution < 1.29 is 22.7 Å². The van der Waals surface area contributed by atoms with Crippen LogP contribution in [0.1, 0.15) is 55.8 Å². The van der Waals surface area contributed by atoms with Crippen LogP contribution in [0.4, 0.5) is 5.13 Å². The van der Waals surface area contributed by atoms with Crippen molar-refractivity contribution in [3.05, 3.63) is 48.0 Å². The number of sulfonamides is 1. The monoisotopic (exact) mass is 543 g/mol. The number of hydrogen-bond donors (Lipinski definition) is 0. The summed E-state index contributed by atoms with van der Waals surface area (Å²) in [6.07, 6.45) is 5.39. The van der Waals surface area contributed by atoms with E-state index in [1.54, 1.807) is 40.6 Å². The molecule has 2 aromatic carbocycles. The lowest BCUT2D eigenvalue weighted by Crippen LogP contribution is -2.43. The molecule has 10 heteroatoms. The molecule has 0 bridgehead atoms. The van der Waals surface area contributed by atoms with Gasteiger partial charge in [0.05, 0.1) is 34.9 Å². The van der Waals surface area contributed by atoms with Crippen LogP contribution in [0.3, 0.4) is 0 Å². The van der Waals surface area contributed by atoms with E-state index in [4.69, 9.17) is 14.5 Å². The van der Waals surface area contributed by atoms with E-state index >= 15 is 0 Å². The molecule has 0 saturated carbocycles. The van der Waals surface area contributed by atoms with Crippen molar-refractivity contribution in [1.82, 2.24) is 9.29 Å². The lowest BCUT2D eigenvalue weighted by molar-refractivity contribution is 0.0917. The largest absolute Gasteiger partial charge is 0.497 e. The number of piperidine rings is 1. The van der Waals surface area contributed by atoms with E-state index in [0.717, 1.165) is 48.7 Å². The van der Waals surface area contributed by atoms with Crippen molar-refractivity contribution >= 4 is 42.6 Å². The van der Waals surface area contributed by atoms with Gasteiger partial charge in [-0.1, -0.05) is 24.7 Å². The summed E-state index contributed by atoms with van der Waals surface area (Å²) in [5.41, 5.74) is 1.18. The summed E-state index contributed by atoms with van der Waals surface area (Å²) >= 11 is 1.44. The number of aromatic nitrogens is 1. The molecule has 2 aliphatic heterocycles. The molecule has 5 rings (SSSR count). The SMILES string of the molecule is CCC1CCCCN1S(=O)(=O)c1ccc(C(=O)N(CC2CCCO2)c2nc3cc(OC)ccc3s2)cc1. The summed E-state index contributed by atoms with van der Waals surface area (Å²) < 4.78 is 40.5. The first-order chi connectivity index (χ1) is 17.9. The van der Waals surface area contributed by atoms with Gasteiger partial charge in [0.25, 0.3) is 5.91 Å². The third-order valence-corrected chi connectivity index (χ3v) is 10.2. The minimum Gasteiger partial charge on any atom is -0.497 e. The van der Waals surface area contributed by atoms with Crippen molar-refractivity contribution in [1.29, 1.82) is 0 Å². The van der Waals surface area contributed by atoms with E-state index in [9.17, 15) is 13.2 Å². The average molecular weight is 544 g/mol. The summed E-state index contributed by atoms with van der Waals surface area (Å²) in [5, 5.41) is 0.583. The molecule has 2 saturated heterocycles. The van der Waals surface area contributed by atoms with Crippen LogP contribution in [0, 0.1) is 0 Å². The van der Waals surface area contributed by atoms with Crippen LogP contribution < -0.4 is 9.64 Å². The summed E-state index contributed by atoms with van der Waals surface area (Å²) in [5.74, 6) is 0.479.